The number of hydrogen-bond donors (Lipinski definition) is 3. The molecule has 0 aromatic carbocycles. The molecule has 3 aliphatic carbocycles. The largest absolute Gasteiger partial charge is 0.481 e. The SMILES string of the molecule is CC(C)(C)OC(=O)N[C@H](C[Si](C)(C)C)C(=O)N1CCC[C@H]1C(=O)N[C@@H](CCCCN)B1O[C@H]2C[C@H]3C[C@H](C3(C)C)[C@@]2(C)O1. The molecule has 5 aliphatic rings. The Hall–Kier alpha value is -1.63. The van der Waals surface area contributed by atoms with Crippen LogP contribution in [0.3, 0.4) is 0 Å². The third-order valence-electron chi connectivity index (χ3n) is 10.2. The lowest BCUT2D eigenvalue weighted by molar-refractivity contribution is -0.199. The van der Waals surface area contributed by atoms with E-state index in [1.165, 1.54) is 0 Å². The fourth-order valence-corrected chi connectivity index (χ4v) is 9.40. The summed E-state index contributed by atoms with van der Waals surface area (Å²) in [5.41, 5.74) is 4.98. The van der Waals surface area contributed by atoms with Gasteiger partial charge < -0.3 is 35.3 Å². The fourth-order valence-electron chi connectivity index (χ4n) is 7.90. The van der Waals surface area contributed by atoms with Gasteiger partial charge in [-0.05, 0) is 96.1 Å². The number of rotatable bonds is 11. The highest BCUT2D eigenvalue weighted by Crippen LogP contribution is 2.65. The molecule has 244 valence electrons. The molecular weight excluding hydrogens is 563 g/mol. The molecule has 0 aromatic rings. The van der Waals surface area contributed by atoms with E-state index in [0.717, 1.165) is 32.1 Å². The smallest absolute Gasteiger partial charge is 0.444 e. The number of ether oxygens (including phenoxy) is 1. The van der Waals surface area contributed by atoms with E-state index in [9.17, 15) is 14.4 Å². The van der Waals surface area contributed by atoms with E-state index in [2.05, 4.69) is 51.0 Å². The number of carbonyl (C=O) groups excluding carboxylic acids is 3. The molecule has 3 saturated carbocycles. The third-order valence-corrected chi connectivity index (χ3v) is 11.9. The van der Waals surface area contributed by atoms with E-state index in [1.807, 2.05) is 0 Å². The summed E-state index contributed by atoms with van der Waals surface area (Å²) >= 11 is 0. The van der Waals surface area contributed by atoms with Crippen LogP contribution in [0, 0.1) is 17.3 Å². The second-order valence-corrected chi connectivity index (χ2v) is 21.9. The van der Waals surface area contributed by atoms with E-state index >= 15 is 0 Å². The molecule has 0 aromatic heterocycles. The van der Waals surface area contributed by atoms with Gasteiger partial charge in [0.2, 0.25) is 11.8 Å². The summed E-state index contributed by atoms with van der Waals surface area (Å²) < 4.78 is 18.8. The van der Waals surface area contributed by atoms with E-state index in [-0.39, 0.29) is 34.9 Å². The van der Waals surface area contributed by atoms with Gasteiger partial charge in [-0.2, -0.15) is 0 Å². The van der Waals surface area contributed by atoms with Gasteiger partial charge in [0, 0.05) is 14.6 Å². The molecule has 7 atom stereocenters. The van der Waals surface area contributed by atoms with Gasteiger partial charge >= 0.3 is 13.2 Å². The normalized spacial score (nSPS) is 31.1. The molecule has 3 amide bonds. The van der Waals surface area contributed by atoms with Gasteiger partial charge in [0.15, 0.2) is 0 Å². The van der Waals surface area contributed by atoms with Gasteiger partial charge in [-0.1, -0.05) is 39.9 Å². The number of likely N-dealkylation sites (tertiary alicyclic amines) is 1. The third kappa shape index (κ3) is 7.61. The minimum atomic E-state index is -1.77. The summed E-state index contributed by atoms with van der Waals surface area (Å²) in [7, 11) is -2.30. The zero-order chi connectivity index (χ0) is 32.0. The second kappa shape index (κ2) is 12.6. The van der Waals surface area contributed by atoms with Crippen LogP contribution in [0.2, 0.25) is 25.7 Å². The quantitative estimate of drug-likeness (QED) is 0.234. The maximum Gasteiger partial charge on any atom is 0.481 e. The molecule has 43 heavy (non-hydrogen) atoms. The lowest BCUT2D eigenvalue weighted by Gasteiger charge is -2.64. The van der Waals surface area contributed by atoms with Crippen LogP contribution in [0.15, 0.2) is 0 Å². The van der Waals surface area contributed by atoms with Crippen molar-refractivity contribution in [2.75, 3.05) is 13.1 Å². The molecule has 10 nitrogen and oxygen atoms in total. The van der Waals surface area contributed by atoms with Crippen LogP contribution < -0.4 is 16.4 Å². The molecule has 2 heterocycles. The first-order valence-electron chi connectivity index (χ1n) is 16.5. The van der Waals surface area contributed by atoms with Gasteiger partial charge in [-0.3, -0.25) is 9.59 Å². The summed E-state index contributed by atoms with van der Waals surface area (Å²) in [5, 5.41) is 6.08. The molecule has 0 spiro atoms. The van der Waals surface area contributed by atoms with E-state index in [1.54, 1.807) is 25.7 Å². The Morgan fingerprint density at radius 2 is 1.81 bits per heavy atom. The van der Waals surface area contributed by atoms with Crippen LogP contribution >= 0.6 is 0 Å². The first-order chi connectivity index (χ1) is 19.9. The highest BCUT2D eigenvalue weighted by Gasteiger charge is 2.68. The summed E-state index contributed by atoms with van der Waals surface area (Å²) in [4.78, 5) is 42.2. The molecule has 5 fully saturated rings. The number of hydrogen-bond acceptors (Lipinski definition) is 7. The molecule has 5 rings (SSSR count). The minimum Gasteiger partial charge on any atom is -0.444 e. The van der Waals surface area contributed by atoms with Crippen LogP contribution in [0.25, 0.3) is 0 Å². The molecule has 0 unspecified atom stereocenters. The Balaban J connectivity index is 1.47. The molecule has 2 aliphatic heterocycles. The average Bonchev–Trinajstić information content (AvgIpc) is 3.49. The van der Waals surface area contributed by atoms with Gasteiger partial charge in [0.25, 0.3) is 0 Å². The standard InChI is InChI=1S/C31H57BN4O6Si/c1-29(2,3)40-28(39)34-21(19-43(7,8)9)27(38)36-16-12-13-22(36)26(37)35-25(14-10-11-15-33)32-41-24-18-20-17-23(30(20,4)5)31(24,6)42-32/h20-25H,10-19,33H2,1-9H3,(H,34,39)(H,35,37)/t20-,21-,22+,23-,24+,25+,31-/m1/s1. The zero-order valence-corrected chi connectivity index (χ0v) is 29.1. The number of nitrogens with two attached hydrogens (primary N) is 1. The highest BCUT2D eigenvalue weighted by atomic mass is 28.3. The Morgan fingerprint density at radius 3 is 2.42 bits per heavy atom. The minimum absolute atomic E-state index is 0.0222. The van der Waals surface area contributed by atoms with E-state index in [4.69, 9.17) is 19.8 Å². The van der Waals surface area contributed by atoms with Crippen LogP contribution in [0.1, 0.15) is 86.5 Å². The monoisotopic (exact) mass is 620 g/mol. The molecule has 2 bridgehead atoms. The highest BCUT2D eigenvalue weighted by molar-refractivity contribution is 6.76. The lowest BCUT2D eigenvalue weighted by atomic mass is 9.43. The summed E-state index contributed by atoms with van der Waals surface area (Å²) in [6.07, 6.45) is 5.22. The lowest BCUT2D eigenvalue weighted by Crippen LogP contribution is -2.65. The van der Waals surface area contributed by atoms with E-state index < -0.39 is 39.0 Å². The summed E-state index contributed by atoms with van der Waals surface area (Å²) in [5.74, 6) is 0.318. The molecular formula is C31H57BN4O6Si. The Kier molecular flexibility index (Phi) is 10.1. The molecule has 12 heteroatoms. The van der Waals surface area contributed by atoms with Crippen molar-refractivity contribution in [1.82, 2.24) is 15.5 Å². The van der Waals surface area contributed by atoms with Crippen molar-refractivity contribution in [3.05, 3.63) is 0 Å². The van der Waals surface area contributed by atoms with Crippen molar-refractivity contribution < 1.29 is 28.4 Å². The molecule has 2 saturated heterocycles. The van der Waals surface area contributed by atoms with E-state index in [0.29, 0.717) is 43.8 Å². The topological polar surface area (TPSA) is 132 Å². The van der Waals surface area contributed by atoms with Crippen molar-refractivity contribution in [2.45, 2.75) is 148 Å². The van der Waals surface area contributed by atoms with Gasteiger partial charge in [-0.15, -0.1) is 0 Å². The Labute approximate surface area is 260 Å². The Morgan fingerprint density at radius 1 is 1.12 bits per heavy atom. The van der Waals surface area contributed by atoms with Gasteiger partial charge in [0.1, 0.15) is 17.7 Å². The van der Waals surface area contributed by atoms with Gasteiger partial charge in [-0.25, -0.2) is 4.79 Å². The second-order valence-electron chi connectivity index (χ2n) is 16.4. The van der Waals surface area contributed by atoms with Crippen molar-refractivity contribution >= 4 is 33.1 Å². The van der Waals surface area contributed by atoms with Crippen molar-refractivity contribution in [3.8, 4) is 0 Å². The Bertz CT molecular complexity index is 1050. The molecule has 0 radical (unpaired) electrons. The van der Waals surface area contributed by atoms with Crippen LogP contribution in [0.5, 0.6) is 0 Å². The molecule has 4 N–H and O–H groups in total. The summed E-state index contributed by atoms with van der Waals surface area (Å²) in [6, 6.07) is -0.797. The first-order valence-corrected chi connectivity index (χ1v) is 20.2. The number of unbranched alkanes of at least 4 members (excludes halogenated alkanes) is 1. The first kappa shape index (κ1) is 34.2. The number of carbonyl (C=O) groups is 3. The zero-order valence-electron chi connectivity index (χ0n) is 28.1. The number of alkyl carbamates (subject to hydrolysis) is 1. The maximum absolute atomic E-state index is 13.9. The van der Waals surface area contributed by atoms with Crippen molar-refractivity contribution in [3.63, 3.8) is 0 Å². The predicted molar refractivity (Wildman–Crippen MR) is 171 cm³/mol. The van der Waals surface area contributed by atoms with Crippen LogP contribution in [-0.2, 0) is 23.6 Å². The van der Waals surface area contributed by atoms with Gasteiger partial charge in [0.05, 0.1) is 17.6 Å². The van der Waals surface area contributed by atoms with Crippen LogP contribution in [-0.4, -0.2) is 86.4 Å². The summed E-state index contributed by atoms with van der Waals surface area (Å²) in [6.45, 7) is 19.8. The average molecular weight is 621 g/mol. The van der Waals surface area contributed by atoms with Crippen LogP contribution in [0.4, 0.5) is 4.79 Å². The number of nitrogens with one attached hydrogen (secondary N) is 2. The fraction of sp³-hybridized carbons (Fsp3) is 0.903. The number of amides is 3. The maximum atomic E-state index is 13.9. The predicted octanol–water partition coefficient (Wildman–Crippen LogP) is 4.09. The van der Waals surface area contributed by atoms with Crippen molar-refractivity contribution in [2.24, 2.45) is 23.0 Å². The number of nitrogens with zero attached hydrogens (tertiary/aromatic N) is 1. The van der Waals surface area contributed by atoms with Crippen molar-refractivity contribution in [1.29, 1.82) is 0 Å².